The van der Waals surface area contributed by atoms with Gasteiger partial charge in [0.05, 0.1) is 12.2 Å². The molecular formula is C20H30O4. The van der Waals surface area contributed by atoms with Crippen LogP contribution in [0.5, 0.6) is 0 Å². The second-order valence-electron chi connectivity index (χ2n) is 7.06. The molecule has 134 valence electrons. The van der Waals surface area contributed by atoms with Gasteiger partial charge in [-0.1, -0.05) is 17.7 Å². The lowest BCUT2D eigenvalue weighted by molar-refractivity contribution is -0.146. The van der Waals surface area contributed by atoms with Crippen LogP contribution in [0.3, 0.4) is 0 Å². The van der Waals surface area contributed by atoms with Crippen molar-refractivity contribution in [2.75, 3.05) is 6.61 Å². The van der Waals surface area contributed by atoms with Crippen molar-refractivity contribution in [3.63, 3.8) is 0 Å². The van der Waals surface area contributed by atoms with Gasteiger partial charge in [-0.05, 0) is 72.3 Å². The molecule has 0 saturated heterocycles. The average Bonchev–Trinajstić information content (AvgIpc) is 2.50. The van der Waals surface area contributed by atoms with E-state index in [2.05, 4.69) is 6.58 Å². The van der Waals surface area contributed by atoms with Gasteiger partial charge in [-0.25, -0.2) is 9.59 Å². The lowest BCUT2D eigenvalue weighted by Crippen LogP contribution is -2.27. The van der Waals surface area contributed by atoms with Crippen molar-refractivity contribution < 1.29 is 19.1 Å². The monoisotopic (exact) mass is 334 g/mol. The highest BCUT2D eigenvalue weighted by atomic mass is 16.5. The van der Waals surface area contributed by atoms with Crippen LogP contribution in [0.25, 0.3) is 0 Å². The van der Waals surface area contributed by atoms with E-state index in [-0.39, 0.29) is 18.0 Å². The van der Waals surface area contributed by atoms with Crippen molar-refractivity contribution in [1.82, 2.24) is 0 Å². The Bertz CT molecular complexity index is 538. The lowest BCUT2D eigenvalue weighted by atomic mass is 9.88. The van der Waals surface area contributed by atoms with Crippen LogP contribution < -0.4 is 0 Å². The predicted molar refractivity (Wildman–Crippen MR) is 95.4 cm³/mol. The summed E-state index contributed by atoms with van der Waals surface area (Å²) in [6, 6.07) is 0. The summed E-state index contributed by atoms with van der Waals surface area (Å²) in [4.78, 5) is 23.8. The van der Waals surface area contributed by atoms with Gasteiger partial charge in [-0.15, -0.1) is 0 Å². The van der Waals surface area contributed by atoms with Crippen molar-refractivity contribution in [3.05, 3.63) is 34.9 Å². The third kappa shape index (κ3) is 6.73. The molecule has 0 aromatic rings. The fourth-order valence-corrected chi connectivity index (χ4v) is 2.64. The standard InChI is InChI=1S/C20H30O4/c1-13(2)11-18(14(3)4)20(22)24-17-9-7-16(8-10-17)12-23-19(21)15(5)6/h11,16-17H,5,7-10,12H2,1-4,6H3. The second kappa shape index (κ2) is 9.45. The Morgan fingerprint density at radius 1 is 1.00 bits per heavy atom. The van der Waals surface area contributed by atoms with Gasteiger partial charge in [0.2, 0.25) is 0 Å². The maximum Gasteiger partial charge on any atom is 0.338 e. The van der Waals surface area contributed by atoms with Crippen LogP contribution in [0.2, 0.25) is 0 Å². The summed E-state index contributed by atoms with van der Waals surface area (Å²) in [5.41, 5.74) is 3.10. The first kappa shape index (κ1) is 20.2. The molecule has 0 amide bonds. The number of esters is 2. The van der Waals surface area contributed by atoms with Crippen LogP contribution in [0.15, 0.2) is 34.9 Å². The highest BCUT2D eigenvalue weighted by molar-refractivity contribution is 5.92. The van der Waals surface area contributed by atoms with Crippen molar-refractivity contribution in [3.8, 4) is 0 Å². The van der Waals surface area contributed by atoms with E-state index >= 15 is 0 Å². The Hall–Kier alpha value is -1.84. The van der Waals surface area contributed by atoms with Crippen LogP contribution in [0.4, 0.5) is 0 Å². The van der Waals surface area contributed by atoms with Gasteiger partial charge in [-0.3, -0.25) is 0 Å². The molecule has 0 atom stereocenters. The molecular weight excluding hydrogens is 304 g/mol. The molecule has 4 heteroatoms. The third-order valence-electron chi connectivity index (χ3n) is 4.06. The fraction of sp³-hybridized carbons (Fsp3) is 0.600. The minimum Gasteiger partial charge on any atom is -0.462 e. The number of allylic oxidation sites excluding steroid dienone is 2. The second-order valence-corrected chi connectivity index (χ2v) is 7.06. The largest absolute Gasteiger partial charge is 0.462 e. The van der Waals surface area contributed by atoms with Crippen LogP contribution in [0.1, 0.15) is 60.3 Å². The summed E-state index contributed by atoms with van der Waals surface area (Å²) in [5.74, 6) is -0.240. The van der Waals surface area contributed by atoms with E-state index in [0.29, 0.717) is 23.7 Å². The zero-order valence-electron chi connectivity index (χ0n) is 15.6. The van der Waals surface area contributed by atoms with Crippen molar-refractivity contribution in [2.45, 2.75) is 66.4 Å². The van der Waals surface area contributed by atoms with Crippen LogP contribution in [-0.2, 0) is 19.1 Å². The molecule has 1 rings (SSSR count). The number of carbonyl (C=O) groups excluding carboxylic acids is 2. The van der Waals surface area contributed by atoms with Gasteiger partial charge < -0.3 is 9.47 Å². The molecule has 4 nitrogen and oxygen atoms in total. The molecule has 1 fully saturated rings. The Labute approximate surface area is 145 Å². The molecule has 0 spiro atoms. The quantitative estimate of drug-likeness (QED) is 0.407. The molecule has 0 unspecified atom stereocenters. The number of ether oxygens (including phenoxy) is 2. The van der Waals surface area contributed by atoms with Crippen molar-refractivity contribution in [1.29, 1.82) is 0 Å². The number of rotatable bonds is 6. The van der Waals surface area contributed by atoms with Gasteiger partial charge in [0.25, 0.3) is 0 Å². The number of hydrogen-bond donors (Lipinski definition) is 0. The Kier molecular flexibility index (Phi) is 7.96. The minimum absolute atomic E-state index is 0.0505. The molecule has 0 aromatic carbocycles. The average molecular weight is 334 g/mol. The van der Waals surface area contributed by atoms with Gasteiger partial charge in [-0.2, -0.15) is 0 Å². The van der Waals surface area contributed by atoms with E-state index in [0.717, 1.165) is 36.8 Å². The van der Waals surface area contributed by atoms with Crippen LogP contribution in [0, 0.1) is 5.92 Å². The third-order valence-corrected chi connectivity index (χ3v) is 4.06. The Morgan fingerprint density at radius 2 is 1.58 bits per heavy atom. The van der Waals surface area contributed by atoms with Gasteiger partial charge in [0.15, 0.2) is 0 Å². The molecule has 1 aliphatic carbocycles. The smallest absolute Gasteiger partial charge is 0.338 e. The van der Waals surface area contributed by atoms with Crippen LogP contribution in [-0.4, -0.2) is 24.6 Å². The zero-order chi connectivity index (χ0) is 18.3. The number of hydrogen-bond acceptors (Lipinski definition) is 4. The van der Waals surface area contributed by atoms with Crippen molar-refractivity contribution >= 4 is 11.9 Å². The molecule has 0 radical (unpaired) electrons. The summed E-state index contributed by atoms with van der Waals surface area (Å²) >= 11 is 0. The lowest BCUT2D eigenvalue weighted by Gasteiger charge is -2.28. The Balaban J connectivity index is 2.47. The van der Waals surface area contributed by atoms with E-state index in [1.165, 1.54) is 0 Å². The molecule has 0 bridgehead atoms. The Morgan fingerprint density at radius 3 is 2.04 bits per heavy atom. The maximum absolute atomic E-state index is 12.4. The van der Waals surface area contributed by atoms with Crippen molar-refractivity contribution in [2.24, 2.45) is 5.92 Å². The van der Waals surface area contributed by atoms with E-state index < -0.39 is 0 Å². The zero-order valence-corrected chi connectivity index (χ0v) is 15.6. The molecule has 1 saturated carbocycles. The normalized spacial score (nSPS) is 19.9. The first-order chi connectivity index (χ1) is 11.2. The summed E-state index contributed by atoms with van der Waals surface area (Å²) in [5, 5.41) is 0. The van der Waals surface area contributed by atoms with Crippen LogP contribution >= 0.6 is 0 Å². The summed E-state index contributed by atoms with van der Waals surface area (Å²) in [6.45, 7) is 13.4. The fourth-order valence-electron chi connectivity index (χ4n) is 2.64. The minimum atomic E-state index is -0.335. The first-order valence-corrected chi connectivity index (χ1v) is 8.56. The first-order valence-electron chi connectivity index (χ1n) is 8.56. The number of carbonyl (C=O) groups is 2. The van der Waals surface area contributed by atoms with E-state index in [1.807, 2.05) is 33.8 Å². The highest BCUT2D eigenvalue weighted by Gasteiger charge is 2.25. The van der Waals surface area contributed by atoms with E-state index in [4.69, 9.17) is 9.47 Å². The SMILES string of the molecule is C=C(C)C(=O)OCC1CCC(OC(=O)C(C=C(C)C)=C(C)C)CC1. The molecule has 0 aliphatic heterocycles. The topological polar surface area (TPSA) is 52.6 Å². The summed E-state index contributed by atoms with van der Waals surface area (Å²) < 4.78 is 10.9. The maximum atomic E-state index is 12.4. The molecule has 0 heterocycles. The molecule has 0 N–H and O–H groups in total. The predicted octanol–water partition coefficient (Wildman–Crippen LogP) is 4.51. The molecule has 24 heavy (non-hydrogen) atoms. The van der Waals surface area contributed by atoms with E-state index in [9.17, 15) is 9.59 Å². The van der Waals surface area contributed by atoms with Gasteiger partial charge >= 0.3 is 11.9 Å². The summed E-state index contributed by atoms with van der Waals surface area (Å²) in [6.07, 6.45) is 5.24. The molecule has 0 aromatic heterocycles. The highest BCUT2D eigenvalue weighted by Crippen LogP contribution is 2.27. The molecule has 1 aliphatic rings. The van der Waals surface area contributed by atoms with Gasteiger partial charge in [0.1, 0.15) is 6.10 Å². The van der Waals surface area contributed by atoms with Gasteiger partial charge in [0, 0.05) is 5.57 Å². The van der Waals surface area contributed by atoms with E-state index in [1.54, 1.807) is 6.92 Å². The summed E-state index contributed by atoms with van der Waals surface area (Å²) in [7, 11) is 0.